The monoisotopic (exact) mass is 332 g/mol. The van der Waals surface area contributed by atoms with Crippen molar-refractivity contribution >= 4 is 17.6 Å². The highest BCUT2D eigenvalue weighted by atomic mass is 16.4. The number of nitrogens with zero attached hydrogens (tertiary/aromatic N) is 1. The number of benzene rings is 1. The number of carboxylic acids is 2. The molecule has 2 fully saturated rings. The SMILES string of the molecule is Cc1cccc(N2CC3CNCC3C2)c1C.O=C(O)/C=C\C(=O)O. The van der Waals surface area contributed by atoms with Crippen LogP contribution in [-0.2, 0) is 9.59 Å². The van der Waals surface area contributed by atoms with Gasteiger partial charge in [0.1, 0.15) is 0 Å². The average Bonchev–Trinajstić information content (AvgIpc) is 3.10. The van der Waals surface area contributed by atoms with E-state index in [1.54, 1.807) is 0 Å². The minimum atomic E-state index is -1.26. The first kappa shape index (κ1) is 18.0. The fourth-order valence-corrected chi connectivity index (χ4v) is 3.27. The smallest absolute Gasteiger partial charge is 0.328 e. The third-order valence-electron chi connectivity index (χ3n) is 4.67. The molecule has 0 amide bonds. The van der Waals surface area contributed by atoms with Gasteiger partial charge in [-0.1, -0.05) is 12.1 Å². The summed E-state index contributed by atoms with van der Waals surface area (Å²) in [6, 6.07) is 6.66. The Morgan fingerprint density at radius 1 is 1.08 bits per heavy atom. The predicted octanol–water partition coefficient (Wildman–Crippen LogP) is 1.67. The number of anilines is 1. The van der Waals surface area contributed by atoms with Crippen LogP contribution in [0.5, 0.6) is 0 Å². The van der Waals surface area contributed by atoms with Crippen molar-refractivity contribution < 1.29 is 19.8 Å². The minimum absolute atomic E-state index is 0.558. The molecule has 3 N–H and O–H groups in total. The molecule has 0 spiro atoms. The highest BCUT2D eigenvalue weighted by molar-refractivity contribution is 5.89. The van der Waals surface area contributed by atoms with Crippen LogP contribution in [0.25, 0.3) is 0 Å². The Morgan fingerprint density at radius 2 is 1.62 bits per heavy atom. The lowest BCUT2D eigenvalue weighted by Gasteiger charge is -2.22. The summed E-state index contributed by atoms with van der Waals surface area (Å²) in [7, 11) is 0. The number of hydrogen-bond donors (Lipinski definition) is 3. The molecule has 2 atom stereocenters. The van der Waals surface area contributed by atoms with Crippen LogP contribution in [0.15, 0.2) is 30.4 Å². The van der Waals surface area contributed by atoms with E-state index < -0.39 is 11.9 Å². The van der Waals surface area contributed by atoms with Crippen LogP contribution in [0.3, 0.4) is 0 Å². The van der Waals surface area contributed by atoms with Crippen molar-refractivity contribution in [1.82, 2.24) is 5.32 Å². The maximum atomic E-state index is 9.55. The van der Waals surface area contributed by atoms with Crippen molar-refractivity contribution in [2.24, 2.45) is 11.8 Å². The van der Waals surface area contributed by atoms with E-state index >= 15 is 0 Å². The van der Waals surface area contributed by atoms with E-state index in [0.717, 1.165) is 11.8 Å². The normalized spacial score (nSPS) is 22.2. The van der Waals surface area contributed by atoms with Gasteiger partial charge in [-0.3, -0.25) is 0 Å². The number of carbonyl (C=O) groups is 2. The van der Waals surface area contributed by atoms with Crippen molar-refractivity contribution in [3.63, 3.8) is 0 Å². The standard InChI is InChI=1S/C14H20N2.C4H4O4/c1-10-4-3-5-14(11(10)2)16-8-12-6-15-7-13(12)9-16;5-3(6)1-2-4(7)8/h3-5,12-13,15H,6-9H2,1-2H3;1-2H,(H,5,6)(H,7,8)/b;2-1-. The molecule has 2 heterocycles. The van der Waals surface area contributed by atoms with E-state index in [9.17, 15) is 9.59 Å². The Hall–Kier alpha value is -2.34. The van der Waals surface area contributed by atoms with Crippen molar-refractivity contribution in [1.29, 1.82) is 0 Å². The number of aliphatic carboxylic acids is 2. The number of hydrogen-bond acceptors (Lipinski definition) is 4. The first-order valence-electron chi connectivity index (χ1n) is 8.04. The predicted molar refractivity (Wildman–Crippen MR) is 92.4 cm³/mol. The van der Waals surface area contributed by atoms with Crippen LogP contribution in [0.4, 0.5) is 5.69 Å². The summed E-state index contributed by atoms with van der Waals surface area (Å²) < 4.78 is 0. The summed E-state index contributed by atoms with van der Waals surface area (Å²) >= 11 is 0. The molecule has 0 aromatic heterocycles. The summed E-state index contributed by atoms with van der Waals surface area (Å²) in [4.78, 5) is 21.7. The van der Waals surface area contributed by atoms with E-state index in [-0.39, 0.29) is 0 Å². The Bertz CT molecular complexity index is 614. The number of rotatable bonds is 3. The molecule has 0 saturated carbocycles. The molecule has 6 nitrogen and oxygen atoms in total. The van der Waals surface area contributed by atoms with E-state index in [2.05, 4.69) is 42.3 Å². The molecule has 130 valence electrons. The zero-order valence-electron chi connectivity index (χ0n) is 14.0. The topological polar surface area (TPSA) is 89.9 Å². The lowest BCUT2D eigenvalue weighted by molar-refractivity contribution is -0.134. The molecule has 0 radical (unpaired) electrons. The van der Waals surface area contributed by atoms with Crippen LogP contribution in [-0.4, -0.2) is 48.3 Å². The largest absolute Gasteiger partial charge is 0.478 e. The number of nitrogens with one attached hydrogen (secondary N) is 1. The fourth-order valence-electron chi connectivity index (χ4n) is 3.27. The van der Waals surface area contributed by atoms with Gasteiger partial charge in [-0.2, -0.15) is 0 Å². The number of fused-ring (bicyclic) bond motifs is 1. The van der Waals surface area contributed by atoms with E-state index in [0.29, 0.717) is 12.2 Å². The van der Waals surface area contributed by atoms with Gasteiger partial charge in [-0.05, 0) is 42.9 Å². The van der Waals surface area contributed by atoms with Crippen LogP contribution in [0.1, 0.15) is 11.1 Å². The summed E-state index contributed by atoms with van der Waals surface area (Å²) in [5, 5.41) is 19.1. The van der Waals surface area contributed by atoms with Gasteiger partial charge >= 0.3 is 11.9 Å². The third kappa shape index (κ3) is 4.58. The van der Waals surface area contributed by atoms with Gasteiger partial charge in [0.25, 0.3) is 0 Å². The zero-order chi connectivity index (χ0) is 17.7. The van der Waals surface area contributed by atoms with Gasteiger partial charge in [0, 0.05) is 44.0 Å². The maximum absolute atomic E-state index is 9.55. The Morgan fingerprint density at radius 3 is 2.12 bits per heavy atom. The molecular formula is C18H24N2O4. The van der Waals surface area contributed by atoms with Crippen LogP contribution >= 0.6 is 0 Å². The van der Waals surface area contributed by atoms with Gasteiger partial charge in [0.2, 0.25) is 0 Å². The van der Waals surface area contributed by atoms with Crippen molar-refractivity contribution in [3.05, 3.63) is 41.5 Å². The minimum Gasteiger partial charge on any atom is -0.478 e. The average molecular weight is 332 g/mol. The molecule has 2 aliphatic heterocycles. The Labute approximate surface area is 141 Å². The van der Waals surface area contributed by atoms with Crippen LogP contribution < -0.4 is 10.2 Å². The van der Waals surface area contributed by atoms with Gasteiger partial charge in [-0.25, -0.2) is 9.59 Å². The molecule has 6 heteroatoms. The second-order valence-corrected chi connectivity index (χ2v) is 6.31. The zero-order valence-corrected chi connectivity index (χ0v) is 14.0. The first-order chi connectivity index (χ1) is 11.4. The number of aryl methyl sites for hydroxylation is 1. The third-order valence-corrected chi connectivity index (χ3v) is 4.67. The summed E-state index contributed by atoms with van der Waals surface area (Å²) in [6.07, 6.45) is 1.12. The Kier molecular flexibility index (Phi) is 5.98. The van der Waals surface area contributed by atoms with Crippen molar-refractivity contribution in [3.8, 4) is 0 Å². The molecule has 1 aromatic rings. The maximum Gasteiger partial charge on any atom is 0.328 e. The van der Waals surface area contributed by atoms with E-state index in [1.807, 2.05) is 0 Å². The Balaban J connectivity index is 0.000000224. The van der Waals surface area contributed by atoms with Gasteiger partial charge in [0.15, 0.2) is 0 Å². The molecule has 2 saturated heterocycles. The molecular weight excluding hydrogens is 308 g/mol. The molecule has 2 aliphatic rings. The molecule has 24 heavy (non-hydrogen) atoms. The van der Waals surface area contributed by atoms with Crippen molar-refractivity contribution in [2.75, 3.05) is 31.1 Å². The molecule has 2 unspecified atom stereocenters. The van der Waals surface area contributed by atoms with Crippen LogP contribution in [0.2, 0.25) is 0 Å². The van der Waals surface area contributed by atoms with Gasteiger partial charge in [-0.15, -0.1) is 0 Å². The number of carboxylic acid groups (broad SMARTS) is 2. The molecule has 0 aliphatic carbocycles. The van der Waals surface area contributed by atoms with Gasteiger partial charge < -0.3 is 20.4 Å². The summed E-state index contributed by atoms with van der Waals surface area (Å²) in [6.45, 7) is 9.36. The lowest BCUT2D eigenvalue weighted by atomic mass is 10.0. The summed E-state index contributed by atoms with van der Waals surface area (Å²) in [5.41, 5.74) is 4.32. The molecule has 3 rings (SSSR count). The van der Waals surface area contributed by atoms with Crippen molar-refractivity contribution in [2.45, 2.75) is 13.8 Å². The second kappa shape index (κ2) is 7.97. The summed E-state index contributed by atoms with van der Waals surface area (Å²) in [5.74, 6) is -0.764. The van der Waals surface area contributed by atoms with Crippen LogP contribution in [0, 0.1) is 25.7 Å². The highest BCUT2D eigenvalue weighted by Gasteiger charge is 2.36. The van der Waals surface area contributed by atoms with E-state index in [1.165, 1.54) is 43.0 Å². The molecule has 1 aromatic carbocycles. The van der Waals surface area contributed by atoms with Gasteiger partial charge in [0.05, 0.1) is 0 Å². The quantitative estimate of drug-likeness (QED) is 0.730. The van der Waals surface area contributed by atoms with E-state index in [4.69, 9.17) is 10.2 Å². The highest BCUT2D eigenvalue weighted by Crippen LogP contribution is 2.32. The fraction of sp³-hybridized carbons (Fsp3) is 0.444. The second-order valence-electron chi connectivity index (χ2n) is 6.31. The first-order valence-corrected chi connectivity index (χ1v) is 8.04. The molecule has 0 bridgehead atoms. The lowest BCUT2D eigenvalue weighted by Crippen LogP contribution is -2.26.